The summed E-state index contributed by atoms with van der Waals surface area (Å²) in [6.45, 7) is 6.18. The zero-order valence-electron chi connectivity index (χ0n) is 7.63. The summed E-state index contributed by atoms with van der Waals surface area (Å²) in [4.78, 5) is 0. The van der Waals surface area contributed by atoms with Crippen molar-refractivity contribution in [1.82, 2.24) is 15.5 Å². The maximum Gasteiger partial charge on any atom is 0.131 e. The first kappa shape index (κ1) is 9.61. The van der Waals surface area contributed by atoms with E-state index in [4.69, 9.17) is 0 Å². The number of hydrogen-bond donors (Lipinski definition) is 1. The molecule has 1 aromatic rings. The van der Waals surface area contributed by atoms with E-state index in [0.717, 1.165) is 29.5 Å². The van der Waals surface area contributed by atoms with Gasteiger partial charge < -0.3 is 5.32 Å². The van der Waals surface area contributed by atoms with E-state index in [2.05, 4.69) is 29.4 Å². The fraction of sp³-hybridized carbons (Fsp3) is 0.750. The van der Waals surface area contributed by atoms with Crippen molar-refractivity contribution in [2.24, 2.45) is 0 Å². The van der Waals surface area contributed by atoms with Crippen molar-refractivity contribution in [3.8, 4) is 0 Å². The lowest BCUT2D eigenvalue weighted by atomic mass is 10.5. The summed E-state index contributed by atoms with van der Waals surface area (Å²) < 4.78 is 0. The van der Waals surface area contributed by atoms with E-state index in [1.54, 1.807) is 11.3 Å². The second kappa shape index (κ2) is 5.22. The van der Waals surface area contributed by atoms with Crippen LogP contribution in [0.1, 0.15) is 30.3 Å². The van der Waals surface area contributed by atoms with E-state index in [9.17, 15) is 0 Å². The van der Waals surface area contributed by atoms with Crippen LogP contribution < -0.4 is 5.32 Å². The second-order valence-corrected chi connectivity index (χ2v) is 3.77. The van der Waals surface area contributed by atoms with Gasteiger partial charge in [0.25, 0.3) is 0 Å². The number of nitrogens with one attached hydrogen (secondary N) is 1. The standard InChI is InChI=1S/C8H15N3S/c1-3-5-9-6-8-11-10-7(4-2)12-8/h9H,3-6H2,1-2H3. The normalized spacial score (nSPS) is 10.5. The molecule has 0 aliphatic carbocycles. The molecule has 1 aromatic heterocycles. The Balaban J connectivity index is 2.31. The van der Waals surface area contributed by atoms with Crippen molar-refractivity contribution in [1.29, 1.82) is 0 Å². The summed E-state index contributed by atoms with van der Waals surface area (Å²) in [7, 11) is 0. The van der Waals surface area contributed by atoms with Crippen molar-refractivity contribution in [3.63, 3.8) is 0 Å². The Morgan fingerprint density at radius 3 is 2.58 bits per heavy atom. The van der Waals surface area contributed by atoms with Crippen molar-refractivity contribution in [3.05, 3.63) is 10.0 Å². The van der Waals surface area contributed by atoms with Gasteiger partial charge in [0, 0.05) is 6.54 Å². The summed E-state index contributed by atoms with van der Waals surface area (Å²) in [6, 6.07) is 0. The second-order valence-electron chi connectivity index (χ2n) is 2.62. The van der Waals surface area contributed by atoms with Gasteiger partial charge in [-0.05, 0) is 19.4 Å². The lowest BCUT2D eigenvalue weighted by Gasteiger charge is -1.96. The maximum absolute atomic E-state index is 4.06. The summed E-state index contributed by atoms with van der Waals surface area (Å²) in [5, 5.41) is 13.6. The van der Waals surface area contributed by atoms with Crippen molar-refractivity contribution in [2.45, 2.75) is 33.2 Å². The first-order valence-electron chi connectivity index (χ1n) is 4.38. The molecule has 1 rings (SSSR count). The zero-order chi connectivity index (χ0) is 8.81. The minimum absolute atomic E-state index is 0.867. The highest BCUT2D eigenvalue weighted by molar-refractivity contribution is 7.11. The van der Waals surface area contributed by atoms with Crippen LogP contribution in [0.5, 0.6) is 0 Å². The van der Waals surface area contributed by atoms with Crippen LogP contribution in [0.4, 0.5) is 0 Å². The monoisotopic (exact) mass is 185 g/mol. The molecule has 0 aliphatic rings. The summed E-state index contributed by atoms with van der Waals surface area (Å²) >= 11 is 1.70. The Labute approximate surface area is 77.2 Å². The van der Waals surface area contributed by atoms with E-state index in [0.29, 0.717) is 0 Å². The zero-order valence-corrected chi connectivity index (χ0v) is 8.45. The SMILES string of the molecule is CCCNCc1nnc(CC)s1. The molecule has 0 aliphatic heterocycles. The van der Waals surface area contributed by atoms with Gasteiger partial charge in [-0.3, -0.25) is 0 Å². The molecule has 1 heterocycles. The molecule has 0 aromatic carbocycles. The molecule has 0 bridgehead atoms. The van der Waals surface area contributed by atoms with Gasteiger partial charge in [0.1, 0.15) is 10.0 Å². The lowest BCUT2D eigenvalue weighted by molar-refractivity contribution is 0.667. The third kappa shape index (κ3) is 2.87. The first-order chi connectivity index (χ1) is 5.86. The molecule has 0 spiro atoms. The highest BCUT2D eigenvalue weighted by Gasteiger charge is 2.00. The number of nitrogens with zero attached hydrogens (tertiary/aromatic N) is 2. The smallest absolute Gasteiger partial charge is 0.131 e. The van der Waals surface area contributed by atoms with Crippen LogP contribution in [-0.2, 0) is 13.0 Å². The molecule has 0 atom stereocenters. The summed E-state index contributed by atoms with van der Waals surface area (Å²) in [5.74, 6) is 0. The Morgan fingerprint density at radius 2 is 2.00 bits per heavy atom. The Kier molecular flexibility index (Phi) is 4.18. The predicted molar refractivity (Wildman–Crippen MR) is 51.3 cm³/mol. The third-order valence-corrected chi connectivity index (χ3v) is 2.58. The third-order valence-electron chi connectivity index (χ3n) is 1.51. The molecule has 1 N–H and O–H groups in total. The van der Waals surface area contributed by atoms with Gasteiger partial charge in [0.15, 0.2) is 0 Å². The number of aromatic nitrogens is 2. The highest BCUT2D eigenvalue weighted by Crippen LogP contribution is 2.09. The largest absolute Gasteiger partial charge is 0.310 e. The fourth-order valence-electron chi connectivity index (χ4n) is 0.875. The molecule has 0 radical (unpaired) electrons. The molecule has 0 amide bonds. The summed E-state index contributed by atoms with van der Waals surface area (Å²) in [5.41, 5.74) is 0. The van der Waals surface area contributed by atoms with Crippen molar-refractivity contribution >= 4 is 11.3 Å². The van der Waals surface area contributed by atoms with E-state index in [1.165, 1.54) is 6.42 Å². The Morgan fingerprint density at radius 1 is 1.25 bits per heavy atom. The minimum atomic E-state index is 0.867. The maximum atomic E-state index is 4.06. The van der Waals surface area contributed by atoms with Crippen molar-refractivity contribution < 1.29 is 0 Å². The van der Waals surface area contributed by atoms with Crippen LogP contribution in [0, 0.1) is 0 Å². The predicted octanol–water partition coefficient (Wildman–Crippen LogP) is 1.60. The quantitative estimate of drug-likeness (QED) is 0.708. The van der Waals surface area contributed by atoms with Gasteiger partial charge in [-0.15, -0.1) is 21.5 Å². The first-order valence-corrected chi connectivity index (χ1v) is 5.20. The van der Waals surface area contributed by atoms with E-state index >= 15 is 0 Å². The molecule has 3 nitrogen and oxygen atoms in total. The van der Waals surface area contributed by atoms with Crippen LogP contribution in [0.15, 0.2) is 0 Å². The van der Waals surface area contributed by atoms with Gasteiger partial charge >= 0.3 is 0 Å². The van der Waals surface area contributed by atoms with Crippen LogP contribution >= 0.6 is 11.3 Å². The molecular weight excluding hydrogens is 170 g/mol. The molecule has 0 saturated carbocycles. The van der Waals surface area contributed by atoms with Crippen LogP contribution in [0.3, 0.4) is 0 Å². The highest BCUT2D eigenvalue weighted by atomic mass is 32.1. The Bertz CT molecular complexity index is 222. The molecule has 0 saturated heterocycles. The average Bonchev–Trinajstić information content (AvgIpc) is 2.53. The van der Waals surface area contributed by atoms with Gasteiger partial charge in [0.05, 0.1) is 0 Å². The Hall–Kier alpha value is -0.480. The number of aryl methyl sites for hydroxylation is 1. The number of hydrogen-bond acceptors (Lipinski definition) is 4. The van der Waals surface area contributed by atoms with Gasteiger partial charge in [0.2, 0.25) is 0 Å². The van der Waals surface area contributed by atoms with Gasteiger partial charge in [-0.1, -0.05) is 13.8 Å². The van der Waals surface area contributed by atoms with Crippen LogP contribution in [-0.4, -0.2) is 16.7 Å². The van der Waals surface area contributed by atoms with Crippen LogP contribution in [0.25, 0.3) is 0 Å². The lowest BCUT2D eigenvalue weighted by Crippen LogP contribution is -2.13. The topological polar surface area (TPSA) is 37.8 Å². The minimum Gasteiger partial charge on any atom is -0.310 e. The fourth-order valence-corrected chi connectivity index (χ4v) is 1.63. The average molecular weight is 185 g/mol. The van der Waals surface area contributed by atoms with E-state index in [1.807, 2.05) is 0 Å². The summed E-state index contributed by atoms with van der Waals surface area (Å²) in [6.07, 6.45) is 2.16. The van der Waals surface area contributed by atoms with Gasteiger partial charge in [-0.2, -0.15) is 0 Å². The molecule has 12 heavy (non-hydrogen) atoms. The molecule has 68 valence electrons. The van der Waals surface area contributed by atoms with Crippen LogP contribution in [0.2, 0.25) is 0 Å². The van der Waals surface area contributed by atoms with E-state index < -0.39 is 0 Å². The van der Waals surface area contributed by atoms with Crippen molar-refractivity contribution in [2.75, 3.05) is 6.54 Å². The number of rotatable bonds is 5. The van der Waals surface area contributed by atoms with Gasteiger partial charge in [-0.25, -0.2) is 0 Å². The molecule has 0 unspecified atom stereocenters. The molecule has 4 heteroatoms. The molecule has 0 fully saturated rings. The molecular formula is C8H15N3S. The van der Waals surface area contributed by atoms with E-state index in [-0.39, 0.29) is 0 Å².